The molecule has 0 saturated heterocycles. The Hall–Kier alpha value is -2.22. The first-order chi connectivity index (χ1) is 10.9. The van der Waals surface area contributed by atoms with Crippen molar-refractivity contribution in [1.82, 2.24) is 0 Å². The molecule has 0 spiro atoms. The van der Waals surface area contributed by atoms with Gasteiger partial charge >= 0.3 is 22.4 Å². The first-order valence-electron chi connectivity index (χ1n) is 7.10. The van der Waals surface area contributed by atoms with Crippen molar-refractivity contribution in [3.05, 3.63) is 35.9 Å². The minimum Gasteiger partial charge on any atom is -0.479 e. The summed E-state index contributed by atoms with van der Waals surface area (Å²) >= 11 is 0. The largest absolute Gasteiger partial charge is 0.479 e. The summed E-state index contributed by atoms with van der Waals surface area (Å²) in [5.74, 6) is -1.42. The molecule has 2 rings (SSSR count). The zero-order valence-electron chi connectivity index (χ0n) is 12.8. The molecule has 1 aliphatic rings. The molecule has 1 aromatic carbocycles. The molecule has 1 aliphatic carbocycles. The van der Waals surface area contributed by atoms with E-state index in [1.807, 2.05) is 6.07 Å². The highest BCUT2D eigenvalue weighted by Gasteiger charge is 2.40. The first kappa shape index (κ1) is 18.8. The number of carboxylic acids is 1. The molecule has 8 heteroatoms. The number of carbonyl (C=O) groups excluding carboxylic acids is 1. The van der Waals surface area contributed by atoms with Gasteiger partial charge in [-0.05, 0) is 25.0 Å². The lowest BCUT2D eigenvalue weighted by Crippen LogP contribution is -2.38. The predicted molar refractivity (Wildman–Crippen MR) is 82.6 cm³/mol. The van der Waals surface area contributed by atoms with Gasteiger partial charge in [0.25, 0.3) is 0 Å². The lowest BCUT2D eigenvalue weighted by atomic mass is 9.83. The second-order valence-electron chi connectivity index (χ2n) is 5.06. The lowest BCUT2D eigenvalue weighted by Gasteiger charge is -2.26. The van der Waals surface area contributed by atoms with E-state index in [1.54, 1.807) is 24.3 Å². The van der Waals surface area contributed by atoms with Crippen molar-refractivity contribution < 1.29 is 27.9 Å². The first-order valence-corrected chi connectivity index (χ1v) is 8.13. The van der Waals surface area contributed by atoms with Gasteiger partial charge in [0, 0.05) is 0 Å². The van der Waals surface area contributed by atoms with Crippen LogP contribution in [0.3, 0.4) is 0 Å². The number of rotatable bonds is 3. The fourth-order valence-electron chi connectivity index (χ4n) is 2.32. The van der Waals surface area contributed by atoms with Crippen molar-refractivity contribution in [2.75, 3.05) is 7.11 Å². The summed E-state index contributed by atoms with van der Waals surface area (Å²) in [4.78, 5) is 21.6. The highest BCUT2D eigenvalue weighted by atomic mass is 32.2. The van der Waals surface area contributed by atoms with Crippen LogP contribution in [0, 0.1) is 0 Å². The number of benzene rings is 1. The quantitative estimate of drug-likeness (QED) is 0.845. The lowest BCUT2D eigenvalue weighted by molar-refractivity contribution is -0.144. The number of hydrogen-bond acceptors (Lipinski definition) is 6. The summed E-state index contributed by atoms with van der Waals surface area (Å²) in [7, 11) is -1.26. The highest BCUT2D eigenvalue weighted by Crippen LogP contribution is 2.31. The second-order valence-corrected chi connectivity index (χ2v) is 5.68. The Morgan fingerprint density at radius 1 is 1.13 bits per heavy atom. The topological polar surface area (TPSA) is 110 Å². The minimum atomic E-state index is -2.63. The Morgan fingerprint density at radius 2 is 1.70 bits per heavy atom. The Balaban J connectivity index is 0.000000238. The maximum Gasteiger partial charge on any atom is 0.337 e. The van der Waals surface area contributed by atoms with Crippen molar-refractivity contribution in [1.29, 1.82) is 0 Å². The van der Waals surface area contributed by atoms with Crippen molar-refractivity contribution >= 4 is 22.4 Å². The third-order valence-corrected chi connectivity index (χ3v) is 4.02. The number of carboxylic acid groups (broad SMARTS) is 1. The maximum absolute atomic E-state index is 10.8. The molecule has 126 valence electrons. The summed E-state index contributed by atoms with van der Waals surface area (Å²) in [5.41, 5.74) is -0.782. The smallest absolute Gasteiger partial charge is 0.337 e. The van der Waals surface area contributed by atoms with Crippen LogP contribution in [0.5, 0.6) is 0 Å². The van der Waals surface area contributed by atoms with Gasteiger partial charge in [0.1, 0.15) is 0 Å². The maximum atomic E-state index is 10.8. The molecule has 0 radical (unpaired) electrons. The van der Waals surface area contributed by atoms with Crippen LogP contribution in [-0.2, 0) is 20.0 Å². The van der Waals surface area contributed by atoms with E-state index in [2.05, 4.69) is 9.10 Å². The molecule has 1 aromatic rings. The zero-order valence-corrected chi connectivity index (χ0v) is 13.6. The Bertz CT molecular complexity index is 654. The number of nitrogens with zero attached hydrogens (tertiary/aromatic N) is 1. The van der Waals surface area contributed by atoms with Crippen molar-refractivity contribution in [3.63, 3.8) is 0 Å². The van der Waals surface area contributed by atoms with Crippen molar-refractivity contribution in [3.8, 4) is 0 Å². The summed E-state index contributed by atoms with van der Waals surface area (Å²) in [6.45, 7) is 0. The fourth-order valence-corrected chi connectivity index (χ4v) is 2.86. The van der Waals surface area contributed by atoms with Gasteiger partial charge in [0.15, 0.2) is 5.54 Å². The minimum absolute atomic E-state index is 0.291. The van der Waals surface area contributed by atoms with Crippen LogP contribution >= 0.6 is 0 Å². The zero-order chi connectivity index (χ0) is 17.3. The number of ether oxygens (including phenoxy) is 1. The van der Waals surface area contributed by atoms with Crippen LogP contribution in [0.25, 0.3) is 0 Å². The SMILES string of the molecule is COC(=O)c1ccccc1.O=C(O)C1(N=S(=O)=O)CCCCC1. The standard InChI is InChI=1S/C8H8O2.C7H11NO4S/c1-10-8(9)7-5-3-2-4-6-7;9-6(10)7(8-13(11)12)4-2-1-3-5-7/h2-6H,1H3;1-5H2,(H,9,10). The van der Waals surface area contributed by atoms with Crippen LogP contribution in [0.1, 0.15) is 42.5 Å². The van der Waals surface area contributed by atoms with Crippen molar-refractivity contribution in [2.45, 2.75) is 37.6 Å². The van der Waals surface area contributed by atoms with Crippen LogP contribution < -0.4 is 0 Å². The fraction of sp³-hybridized carbons (Fsp3) is 0.467. The monoisotopic (exact) mass is 341 g/mol. The molecule has 0 amide bonds. The van der Waals surface area contributed by atoms with E-state index in [9.17, 15) is 18.0 Å². The molecular formula is C15H19NO6S. The molecule has 0 bridgehead atoms. The normalized spacial score (nSPS) is 15.5. The summed E-state index contributed by atoms with van der Waals surface area (Å²) in [5, 5.41) is 8.87. The van der Waals surface area contributed by atoms with Crippen molar-refractivity contribution in [2.24, 2.45) is 4.36 Å². The van der Waals surface area contributed by atoms with Gasteiger partial charge < -0.3 is 9.84 Å². The molecule has 7 nitrogen and oxygen atoms in total. The average Bonchev–Trinajstić information content (AvgIpc) is 2.55. The predicted octanol–water partition coefficient (Wildman–Crippen LogP) is 2.31. The van der Waals surface area contributed by atoms with Gasteiger partial charge in [-0.2, -0.15) is 12.8 Å². The second kappa shape index (κ2) is 9.04. The van der Waals surface area contributed by atoms with Crippen LogP contribution in [-0.4, -0.2) is 38.1 Å². The number of hydrogen-bond donors (Lipinski definition) is 1. The van der Waals surface area contributed by atoms with E-state index in [0.717, 1.165) is 19.3 Å². The summed E-state index contributed by atoms with van der Waals surface area (Å²) in [6.07, 6.45) is 3.07. The van der Waals surface area contributed by atoms with Gasteiger partial charge in [-0.3, -0.25) is 0 Å². The average molecular weight is 341 g/mol. The van der Waals surface area contributed by atoms with Crippen LogP contribution in [0.4, 0.5) is 0 Å². The molecule has 1 N–H and O–H groups in total. The van der Waals surface area contributed by atoms with Gasteiger partial charge in [-0.15, -0.1) is 0 Å². The van der Waals surface area contributed by atoms with Gasteiger partial charge in [-0.1, -0.05) is 37.5 Å². The number of aliphatic carboxylic acids is 1. The summed E-state index contributed by atoms with van der Waals surface area (Å²) in [6, 6.07) is 8.88. The molecule has 0 unspecified atom stereocenters. The van der Waals surface area contributed by atoms with Crippen LogP contribution in [0.15, 0.2) is 34.7 Å². The molecule has 23 heavy (non-hydrogen) atoms. The molecule has 0 atom stereocenters. The number of esters is 1. The van der Waals surface area contributed by atoms with Gasteiger partial charge in [0.05, 0.1) is 12.7 Å². The van der Waals surface area contributed by atoms with E-state index in [0.29, 0.717) is 18.4 Å². The van der Waals surface area contributed by atoms with E-state index < -0.39 is 22.0 Å². The van der Waals surface area contributed by atoms with E-state index >= 15 is 0 Å². The number of carbonyl (C=O) groups is 2. The van der Waals surface area contributed by atoms with E-state index in [-0.39, 0.29) is 5.97 Å². The van der Waals surface area contributed by atoms with E-state index in [1.165, 1.54) is 7.11 Å². The van der Waals surface area contributed by atoms with Crippen LogP contribution in [0.2, 0.25) is 0 Å². The Kier molecular flexibility index (Phi) is 7.40. The third kappa shape index (κ3) is 5.82. The molecule has 0 heterocycles. The van der Waals surface area contributed by atoms with E-state index in [4.69, 9.17) is 5.11 Å². The molecule has 0 aliphatic heterocycles. The Labute approximate surface area is 136 Å². The van der Waals surface area contributed by atoms with Gasteiger partial charge in [0.2, 0.25) is 0 Å². The molecule has 0 aromatic heterocycles. The molecule has 1 fully saturated rings. The number of methoxy groups -OCH3 is 1. The third-order valence-electron chi connectivity index (χ3n) is 3.52. The highest BCUT2D eigenvalue weighted by molar-refractivity contribution is 7.61. The molecule has 1 saturated carbocycles. The summed E-state index contributed by atoms with van der Waals surface area (Å²) < 4.78 is 28.5. The Morgan fingerprint density at radius 3 is 2.13 bits per heavy atom. The molecular weight excluding hydrogens is 322 g/mol. The van der Waals surface area contributed by atoms with Gasteiger partial charge in [-0.25, -0.2) is 9.59 Å².